The third-order valence-electron chi connectivity index (χ3n) is 3.90. The van der Waals surface area contributed by atoms with Gasteiger partial charge in [0.15, 0.2) is 6.61 Å². The van der Waals surface area contributed by atoms with Crippen LogP contribution in [0.3, 0.4) is 0 Å². The van der Waals surface area contributed by atoms with E-state index in [9.17, 15) is 9.59 Å². The Morgan fingerprint density at radius 1 is 1.22 bits per heavy atom. The van der Waals surface area contributed by atoms with E-state index in [1.807, 2.05) is 36.1 Å². The van der Waals surface area contributed by atoms with Gasteiger partial charge in [0.25, 0.3) is 5.91 Å². The molecule has 0 saturated carbocycles. The lowest BCUT2D eigenvalue weighted by Crippen LogP contribution is -2.49. The molecule has 23 heavy (non-hydrogen) atoms. The summed E-state index contributed by atoms with van der Waals surface area (Å²) in [7, 11) is 3.50. The van der Waals surface area contributed by atoms with Gasteiger partial charge in [-0.05, 0) is 31.9 Å². The first-order valence-electron chi connectivity index (χ1n) is 7.91. The summed E-state index contributed by atoms with van der Waals surface area (Å²) in [5.41, 5.74) is 1.15. The number of nitrogens with one attached hydrogen (secondary N) is 1. The van der Waals surface area contributed by atoms with Gasteiger partial charge in [-0.2, -0.15) is 0 Å². The number of piperidine rings is 1. The van der Waals surface area contributed by atoms with Gasteiger partial charge < -0.3 is 19.9 Å². The molecule has 0 radical (unpaired) electrons. The number of hydrogen-bond acceptors (Lipinski definition) is 3. The molecule has 0 bridgehead atoms. The molecule has 126 valence electrons. The fourth-order valence-electron chi connectivity index (χ4n) is 2.55. The monoisotopic (exact) mass is 319 g/mol. The molecular weight excluding hydrogens is 294 g/mol. The molecule has 0 atom stereocenters. The molecule has 6 nitrogen and oxygen atoms in total. The quantitative estimate of drug-likeness (QED) is 0.917. The van der Waals surface area contributed by atoms with E-state index in [2.05, 4.69) is 5.32 Å². The van der Waals surface area contributed by atoms with E-state index in [0.717, 1.165) is 18.4 Å². The summed E-state index contributed by atoms with van der Waals surface area (Å²) in [6.45, 7) is 3.35. The number of carbonyl (C=O) groups is 2. The molecule has 1 heterocycles. The highest BCUT2D eigenvalue weighted by Gasteiger charge is 2.24. The van der Waals surface area contributed by atoms with Crippen LogP contribution in [0.4, 0.5) is 4.79 Å². The van der Waals surface area contributed by atoms with Gasteiger partial charge in [0, 0.05) is 33.2 Å². The molecule has 3 amide bonds. The smallest absolute Gasteiger partial charge is 0.319 e. The maximum Gasteiger partial charge on any atom is 0.319 e. The van der Waals surface area contributed by atoms with E-state index in [1.54, 1.807) is 19.0 Å². The molecule has 1 fully saturated rings. The molecular formula is C17H25N3O3. The minimum Gasteiger partial charge on any atom is -0.484 e. The van der Waals surface area contributed by atoms with Crippen LogP contribution in [0.5, 0.6) is 5.75 Å². The fourth-order valence-corrected chi connectivity index (χ4v) is 2.55. The second kappa shape index (κ2) is 7.85. The maximum absolute atomic E-state index is 12.0. The number of amides is 3. The standard InChI is InChI=1S/C17H25N3O3/c1-13-4-6-15(7-5-13)23-12-16(21)18-14-8-10-20(11-9-14)17(22)19(2)3/h4-7,14H,8-12H2,1-3H3,(H,18,21). The molecule has 1 aliphatic rings. The Morgan fingerprint density at radius 3 is 2.39 bits per heavy atom. The number of ether oxygens (including phenoxy) is 1. The Bertz CT molecular complexity index is 535. The van der Waals surface area contributed by atoms with E-state index in [0.29, 0.717) is 18.8 Å². The Hall–Kier alpha value is -2.24. The largest absolute Gasteiger partial charge is 0.484 e. The third kappa shape index (κ3) is 5.16. The molecule has 0 unspecified atom stereocenters. The lowest BCUT2D eigenvalue weighted by molar-refractivity contribution is -0.124. The van der Waals surface area contributed by atoms with Crippen LogP contribution < -0.4 is 10.1 Å². The number of rotatable bonds is 4. The van der Waals surface area contributed by atoms with E-state index in [-0.39, 0.29) is 24.6 Å². The van der Waals surface area contributed by atoms with Crippen molar-refractivity contribution < 1.29 is 14.3 Å². The highest BCUT2D eigenvalue weighted by molar-refractivity contribution is 5.78. The first kappa shape index (κ1) is 17.1. The summed E-state index contributed by atoms with van der Waals surface area (Å²) in [5, 5.41) is 2.97. The average Bonchev–Trinajstić information content (AvgIpc) is 2.54. The number of nitrogens with zero attached hydrogens (tertiary/aromatic N) is 2. The van der Waals surface area contributed by atoms with Crippen molar-refractivity contribution in [1.29, 1.82) is 0 Å². The van der Waals surface area contributed by atoms with E-state index in [4.69, 9.17) is 4.74 Å². The van der Waals surface area contributed by atoms with E-state index < -0.39 is 0 Å². The summed E-state index contributed by atoms with van der Waals surface area (Å²) in [6, 6.07) is 7.74. The topological polar surface area (TPSA) is 61.9 Å². The van der Waals surface area contributed by atoms with Gasteiger partial charge in [0.2, 0.25) is 0 Å². The van der Waals surface area contributed by atoms with E-state index >= 15 is 0 Å². The SMILES string of the molecule is Cc1ccc(OCC(=O)NC2CCN(C(=O)N(C)C)CC2)cc1. The van der Waals surface area contributed by atoms with Crippen LogP contribution >= 0.6 is 0 Å². The van der Waals surface area contributed by atoms with E-state index in [1.165, 1.54) is 0 Å². The van der Waals surface area contributed by atoms with Gasteiger partial charge >= 0.3 is 6.03 Å². The predicted molar refractivity (Wildman–Crippen MR) is 88.5 cm³/mol. The number of likely N-dealkylation sites (tertiary alicyclic amines) is 1. The fraction of sp³-hybridized carbons (Fsp3) is 0.529. The van der Waals surface area contributed by atoms with Crippen molar-refractivity contribution >= 4 is 11.9 Å². The second-order valence-corrected chi connectivity index (χ2v) is 6.11. The Balaban J connectivity index is 1.70. The van der Waals surface area contributed by atoms with Crippen LogP contribution in [0.15, 0.2) is 24.3 Å². The second-order valence-electron chi connectivity index (χ2n) is 6.11. The molecule has 1 aromatic carbocycles. The Morgan fingerprint density at radius 2 is 1.83 bits per heavy atom. The number of aryl methyl sites for hydroxylation is 1. The zero-order chi connectivity index (χ0) is 16.8. The third-order valence-corrected chi connectivity index (χ3v) is 3.90. The first-order valence-corrected chi connectivity index (χ1v) is 7.91. The lowest BCUT2D eigenvalue weighted by atomic mass is 10.1. The number of urea groups is 1. The van der Waals surface area contributed by atoms with Crippen molar-refractivity contribution in [3.63, 3.8) is 0 Å². The van der Waals surface area contributed by atoms with Gasteiger partial charge in [-0.3, -0.25) is 4.79 Å². The molecule has 2 rings (SSSR count). The normalized spacial score (nSPS) is 15.2. The molecule has 1 aliphatic heterocycles. The average molecular weight is 319 g/mol. The van der Waals surface area contributed by atoms with Crippen molar-refractivity contribution in [3.8, 4) is 5.75 Å². The summed E-state index contributed by atoms with van der Waals surface area (Å²) in [6.07, 6.45) is 1.55. The zero-order valence-electron chi connectivity index (χ0n) is 14.0. The number of hydrogen-bond donors (Lipinski definition) is 1. The minimum atomic E-state index is -0.122. The highest BCUT2D eigenvalue weighted by Crippen LogP contribution is 2.13. The summed E-state index contributed by atoms with van der Waals surface area (Å²) < 4.78 is 5.47. The van der Waals surface area contributed by atoms with Crippen LogP contribution in [0, 0.1) is 6.92 Å². The van der Waals surface area contributed by atoms with Gasteiger partial charge in [0.1, 0.15) is 5.75 Å². The molecule has 0 aromatic heterocycles. The number of benzene rings is 1. The van der Waals surface area contributed by atoms with Gasteiger partial charge in [-0.15, -0.1) is 0 Å². The van der Waals surface area contributed by atoms with Crippen molar-refractivity contribution in [2.24, 2.45) is 0 Å². The molecule has 0 spiro atoms. The zero-order valence-corrected chi connectivity index (χ0v) is 14.0. The van der Waals surface area contributed by atoms with Crippen molar-refractivity contribution in [1.82, 2.24) is 15.1 Å². The van der Waals surface area contributed by atoms with Crippen molar-refractivity contribution in [3.05, 3.63) is 29.8 Å². The number of carbonyl (C=O) groups excluding carboxylic acids is 2. The van der Waals surface area contributed by atoms with Gasteiger partial charge in [-0.1, -0.05) is 17.7 Å². The summed E-state index contributed by atoms with van der Waals surface area (Å²) >= 11 is 0. The predicted octanol–water partition coefficient (Wildman–Crippen LogP) is 1.64. The molecule has 1 saturated heterocycles. The van der Waals surface area contributed by atoms with Crippen LogP contribution in [0.2, 0.25) is 0 Å². The Kier molecular flexibility index (Phi) is 5.84. The van der Waals surface area contributed by atoms with Crippen LogP contribution in [0.25, 0.3) is 0 Å². The molecule has 1 N–H and O–H groups in total. The summed E-state index contributed by atoms with van der Waals surface area (Å²) in [4.78, 5) is 27.2. The minimum absolute atomic E-state index is 0.0138. The van der Waals surface area contributed by atoms with Gasteiger partial charge in [0.05, 0.1) is 0 Å². The van der Waals surface area contributed by atoms with Crippen LogP contribution in [-0.4, -0.2) is 61.6 Å². The van der Waals surface area contributed by atoms with Crippen LogP contribution in [0.1, 0.15) is 18.4 Å². The Labute approximate surface area is 137 Å². The van der Waals surface area contributed by atoms with Crippen molar-refractivity contribution in [2.75, 3.05) is 33.8 Å². The maximum atomic E-state index is 12.0. The highest BCUT2D eigenvalue weighted by atomic mass is 16.5. The summed E-state index contributed by atoms with van der Waals surface area (Å²) in [5.74, 6) is 0.570. The van der Waals surface area contributed by atoms with Crippen molar-refractivity contribution in [2.45, 2.75) is 25.8 Å². The lowest BCUT2D eigenvalue weighted by Gasteiger charge is -2.33. The van der Waals surface area contributed by atoms with Gasteiger partial charge in [-0.25, -0.2) is 4.79 Å². The molecule has 1 aromatic rings. The molecule has 0 aliphatic carbocycles. The molecule has 6 heteroatoms. The van der Waals surface area contributed by atoms with Crippen LogP contribution in [-0.2, 0) is 4.79 Å². The first-order chi connectivity index (χ1) is 11.0.